The summed E-state index contributed by atoms with van der Waals surface area (Å²) in [4.78, 5) is 6.46. The lowest BCUT2D eigenvalue weighted by Gasteiger charge is -2.25. The van der Waals surface area contributed by atoms with Crippen molar-refractivity contribution < 1.29 is 4.74 Å². The van der Waals surface area contributed by atoms with Crippen molar-refractivity contribution in [2.24, 2.45) is 5.73 Å². The summed E-state index contributed by atoms with van der Waals surface area (Å²) in [5, 5.41) is 0. The lowest BCUT2D eigenvalue weighted by atomic mass is 10.2. The van der Waals surface area contributed by atoms with Crippen LogP contribution < -0.4 is 15.4 Å². The maximum Gasteiger partial charge on any atom is 0.214 e. The van der Waals surface area contributed by atoms with Crippen LogP contribution in [0.3, 0.4) is 0 Å². The van der Waals surface area contributed by atoms with Gasteiger partial charge in [0.15, 0.2) is 0 Å². The van der Waals surface area contributed by atoms with E-state index in [1.165, 1.54) is 0 Å². The van der Waals surface area contributed by atoms with E-state index >= 15 is 0 Å². The Balaban J connectivity index is 2.76. The van der Waals surface area contributed by atoms with Gasteiger partial charge in [0.05, 0.1) is 7.11 Å². The van der Waals surface area contributed by atoms with Gasteiger partial charge in [-0.2, -0.15) is 4.98 Å². The highest BCUT2D eigenvalue weighted by Gasteiger charge is 2.10. The van der Waals surface area contributed by atoms with Crippen molar-refractivity contribution in [1.29, 1.82) is 0 Å². The Morgan fingerprint density at radius 1 is 1.53 bits per heavy atom. The van der Waals surface area contributed by atoms with E-state index in [0.29, 0.717) is 18.5 Å². The minimum atomic E-state index is 0.384. The zero-order valence-electron chi connectivity index (χ0n) is 9.60. The molecule has 0 aliphatic heterocycles. The molecule has 15 heavy (non-hydrogen) atoms. The number of ether oxygens (including phenoxy) is 1. The molecule has 1 aromatic heterocycles. The highest BCUT2D eigenvalue weighted by molar-refractivity contribution is 5.40. The van der Waals surface area contributed by atoms with Crippen molar-refractivity contribution in [1.82, 2.24) is 4.98 Å². The first-order valence-electron chi connectivity index (χ1n) is 5.13. The molecule has 84 valence electrons. The third kappa shape index (κ3) is 3.09. The quantitative estimate of drug-likeness (QED) is 0.793. The smallest absolute Gasteiger partial charge is 0.214 e. The molecule has 2 N–H and O–H groups in total. The molecule has 0 spiro atoms. The van der Waals surface area contributed by atoms with E-state index in [1.807, 2.05) is 25.2 Å². The summed E-state index contributed by atoms with van der Waals surface area (Å²) in [7, 11) is 3.64. The lowest BCUT2D eigenvalue weighted by molar-refractivity contribution is 0.397. The summed E-state index contributed by atoms with van der Waals surface area (Å²) >= 11 is 0. The van der Waals surface area contributed by atoms with Gasteiger partial charge in [-0.1, -0.05) is 6.07 Å². The Morgan fingerprint density at radius 3 is 2.87 bits per heavy atom. The Labute approximate surface area is 91.1 Å². The van der Waals surface area contributed by atoms with E-state index in [1.54, 1.807) is 7.11 Å². The maximum atomic E-state index is 5.53. The molecule has 0 fully saturated rings. The van der Waals surface area contributed by atoms with Gasteiger partial charge in [-0.3, -0.25) is 0 Å². The molecule has 0 radical (unpaired) electrons. The van der Waals surface area contributed by atoms with E-state index < -0.39 is 0 Å². The topological polar surface area (TPSA) is 51.4 Å². The third-order valence-corrected chi connectivity index (χ3v) is 2.52. The van der Waals surface area contributed by atoms with Crippen LogP contribution in [0.2, 0.25) is 0 Å². The summed E-state index contributed by atoms with van der Waals surface area (Å²) < 4.78 is 5.08. The Morgan fingerprint density at radius 2 is 2.27 bits per heavy atom. The van der Waals surface area contributed by atoms with Crippen LogP contribution >= 0.6 is 0 Å². The Kier molecular flexibility index (Phi) is 4.37. The molecule has 1 unspecified atom stereocenters. The van der Waals surface area contributed by atoms with Crippen LogP contribution in [-0.4, -0.2) is 31.7 Å². The number of nitrogens with zero attached hydrogens (tertiary/aromatic N) is 2. The third-order valence-electron chi connectivity index (χ3n) is 2.52. The average Bonchev–Trinajstić information content (AvgIpc) is 2.28. The number of methoxy groups -OCH3 is 1. The molecule has 0 amide bonds. The van der Waals surface area contributed by atoms with Crippen molar-refractivity contribution >= 4 is 5.82 Å². The van der Waals surface area contributed by atoms with Gasteiger partial charge in [0.1, 0.15) is 5.82 Å². The second-order valence-electron chi connectivity index (χ2n) is 3.58. The van der Waals surface area contributed by atoms with Gasteiger partial charge in [-0.05, 0) is 26.0 Å². The molecule has 1 atom stereocenters. The van der Waals surface area contributed by atoms with Crippen LogP contribution in [-0.2, 0) is 0 Å². The second-order valence-corrected chi connectivity index (χ2v) is 3.58. The highest BCUT2D eigenvalue weighted by Crippen LogP contribution is 2.17. The molecular weight excluding hydrogens is 190 g/mol. The zero-order chi connectivity index (χ0) is 11.3. The van der Waals surface area contributed by atoms with Crippen LogP contribution in [0.4, 0.5) is 5.82 Å². The minimum absolute atomic E-state index is 0.384. The number of rotatable bonds is 5. The van der Waals surface area contributed by atoms with Crippen molar-refractivity contribution in [3.63, 3.8) is 0 Å². The van der Waals surface area contributed by atoms with Gasteiger partial charge < -0.3 is 15.4 Å². The van der Waals surface area contributed by atoms with Crippen LogP contribution in [0.25, 0.3) is 0 Å². The van der Waals surface area contributed by atoms with Gasteiger partial charge in [0.2, 0.25) is 5.88 Å². The van der Waals surface area contributed by atoms with Crippen LogP contribution in [0.15, 0.2) is 18.2 Å². The van der Waals surface area contributed by atoms with Crippen molar-refractivity contribution in [3.05, 3.63) is 18.2 Å². The van der Waals surface area contributed by atoms with Crippen molar-refractivity contribution in [2.45, 2.75) is 19.4 Å². The van der Waals surface area contributed by atoms with E-state index in [9.17, 15) is 0 Å². The van der Waals surface area contributed by atoms with Crippen molar-refractivity contribution in [3.8, 4) is 5.88 Å². The lowest BCUT2D eigenvalue weighted by Crippen LogP contribution is -2.31. The number of nitrogens with two attached hydrogens (primary N) is 1. The van der Waals surface area contributed by atoms with Crippen LogP contribution in [0.5, 0.6) is 5.88 Å². The standard InChI is InChI=1S/C11H19N3O/c1-9(7-8-12)14(2)10-5-4-6-11(13-10)15-3/h4-6,9H,7-8,12H2,1-3H3. The number of pyridine rings is 1. The summed E-state index contributed by atoms with van der Waals surface area (Å²) in [5.41, 5.74) is 5.53. The monoisotopic (exact) mass is 209 g/mol. The first-order chi connectivity index (χ1) is 7.19. The van der Waals surface area contributed by atoms with Gasteiger partial charge >= 0.3 is 0 Å². The Hall–Kier alpha value is -1.29. The molecule has 4 nitrogen and oxygen atoms in total. The van der Waals surface area contributed by atoms with Gasteiger partial charge in [-0.15, -0.1) is 0 Å². The first-order valence-corrected chi connectivity index (χ1v) is 5.13. The predicted molar refractivity (Wildman–Crippen MR) is 62.3 cm³/mol. The molecule has 0 aliphatic rings. The van der Waals surface area contributed by atoms with E-state index in [0.717, 1.165) is 12.2 Å². The molecular formula is C11H19N3O. The predicted octanol–water partition coefficient (Wildman–Crippen LogP) is 1.26. The van der Waals surface area contributed by atoms with Crippen LogP contribution in [0, 0.1) is 0 Å². The summed E-state index contributed by atoms with van der Waals surface area (Å²) in [6.45, 7) is 2.82. The molecule has 0 saturated carbocycles. The first kappa shape index (κ1) is 11.8. The van der Waals surface area contributed by atoms with E-state index in [-0.39, 0.29) is 0 Å². The Bertz CT molecular complexity index is 304. The number of hydrogen-bond acceptors (Lipinski definition) is 4. The molecule has 1 aromatic rings. The van der Waals surface area contributed by atoms with Gasteiger partial charge in [0, 0.05) is 19.2 Å². The molecule has 0 aromatic carbocycles. The maximum absolute atomic E-state index is 5.53. The highest BCUT2D eigenvalue weighted by atomic mass is 16.5. The van der Waals surface area contributed by atoms with Crippen LogP contribution in [0.1, 0.15) is 13.3 Å². The van der Waals surface area contributed by atoms with Gasteiger partial charge in [-0.25, -0.2) is 0 Å². The fraction of sp³-hybridized carbons (Fsp3) is 0.545. The number of anilines is 1. The molecule has 0 saturated heterocycles. The zero-order valence-corrected chi connectivity index (χ0v) is 9.60. The normalized spacial score (nSPS) is 12.3. The van der Waals surface area contributed by atoms with Crippen molar-refractivity contribution in [2.75, 3.05) is 25.6 Å². The molecule has 1 rings (SSSR count). The average molecular weight is 209 g/mol. The fourth-order valence-electron chi connectivity index (χ4n) is 1.37. The summed E-state index contributed by atoms with van der Waals surface area (Å²) in [6, 6.07) is 6.13. The second kappa shape index (κ2) is 5.56. The van der Waals surface area contributed by atoms with E-state index in [4.69, 9.17) is 10.5 Å². The SMILES string of the molecule is COc1cccc(N(C)C(C)CCN)n1. The molecule has 0 bridgehead atoms. The minimum Gasteiger partial charge on any atom is -0.481 e. The summed E-state index contributed by atoms with van der Waals surface area (Å²) in [6.07, 6.45) is 0.954. The largest absolute Gasteiger partial charge is 0.481 e. The summed E-state index contributed by atoms with van der Waals surface area (Å²) in [5.74, 6) is 1.55. The van der Waals surface area contributed by atoms with E-state index in [2.05, 4.69) is 16.8 Å². The number of aromatic nitrogens is 1. The molecule has 4 heteroatoms. The van der Waals surface area contributed by atoms with Gasteiger partial charge in [0.25, 0.3) is 0 Å². The molecule has 0 aliphatic carbocycles. The fourth-order valence-corrected chi connectivity index (χ4v) is 1.37. The molecule has 1 heterocycles. The number of hydrogen-bond donors (Lipinski definition) is 1.